The lowest BCUT2D eigenvalue weighted by molar-refractivity contribution is 1.29. The number of benzene rings is 1. The number of anilines is 1. The van der Waals surface area contributed by atoms with Gasteiger partial charge in [-0.25, -0.2) is 0 Å². The van der Waals surface area contributed by atoms with E-state index < -0.39 is 0 Å². The number of hydrogen-bond donors (Lipinski definition) is 1. The minimum Gasteiger partial charge on any atom is -0.398 e. The lowest BCUT2D eigenvalue weighted by Gasteiger charge is -2.08. The molecule has 1 aromatic heterocycles. The van der Waals surface area contributed by atoms with E-state index >= 15 is 0 Å². The fourth-order valence-corrected chi connectivity index (χ4v) is 1.68. The zero-order chi connectivity index (χ0) is 10.8. The second-order valence-corrected chi connectivity index (χ2v) is 3.86. The molecule has 0 bridgehead atoms. The average molecular weight is 219 g/mol. The van der Waals surface area contributed by atoms with Crippen molar-refractivity contribution in [2.75, 3.05) is 5.73 Å². The second kappa shape index (κ2) is 3.91. The van der Waals surface area contributed by atoms with Crippen LogP contribution >= 0.6 is 11.6 Å². The molecule has 0 saturated carbocycles. The van der Waals surface area contributed by atoms with Crippen molar-refractivity contribution in [3.05, 3.63) is 47.2 Å². The van der Waals surface area contributed by atoms with Crippen molar-refractivity contribution < 1.29 is 0 Å². The summed E-state index contributed by atoms with van der Waals surface area (Å²) >= 11 is 5.94. The Morgan fingerprint density at radius 1 is 1.20 bits per heavy atom. The summed E-state index contributed by atoms with van der Waals surface area (Å²) < 4.78 is 0. The zero-order valence-corrected chi connectivity index (χ0v) is 9.12. The topological polar surface area (TPSA) is 38.9 Å². The van der Waals surface area contributed by atoms with Crippen molar-refractivity contribution in [3.8, 4) is 11.1 Å². The number of nitrogen functional groups attached to an aromatic ring is 1. The highest BCUT2D eigenvalue weighted by atomic mass is 35.5. The smallest absolute Gasteiger partial charge is 0.0413 e. The number of halogens is 1. The van der Waals surface area contributed by atoms with E-state index in [2.05, 4.69) is 4.98 Å². The molecule has 0 unspecified atom stereocenters. The van der Waals surface area contributed by atoms with Crippen molar-refractivity contribution in [3.63, 3.8) is 0 Å². The maximum Gasteiger partial charge on any atom is 0.0413 e. The SMILES string of the molecule is Cc1ccncc1-c1cc(Cl)ccc1N. The fraction of sp³-hybridized carbons (Fsp3) is 0.0833. The summed E-state index contributed by atoms with van der Waals surface area (Å²) in [6, 6.07) is 7.41. The van der Waals surface area contributed by atoms with Crippen LogP contribution in [-0.2, 0) is 0 Å². The summed E-state index contributed by atoms with van der Waals surface area (Å²) in [5.41, 5.74) is 9.72. The third-order valence-electron chi connectivity index (χ3n) is 2.34. The predicted molar refractivity (Wildman–Crippen MR) is 63.8 cm³/mol. The first-order chi connectivity index (χ1) is 7.18. The normalized spacial score (nSPS) is 10.3. The molecular weight excluding hydrogens is 208 g/mol. The summed E-state index contributed by atoms with van der Waals surface area (Å²) in [6.45, 7) is 2.03. The summed E-state index contributed by atoms with van der Waals surface area (Å²) in [5.74, 6) is 0. The number of nitrogens with two attached hydrogens (primary N) is 1. The molecule has 3 heteroatoms. The predicted octanol–water partition coefficient (Wildman–Crippen LogP) is 3.29. The minimum absolute atomic E-state index is 0.683. The molecule has 2 nitrogen and oxygen atoms in total. The van der Waals surface area contributed by atoms with Gasteiger partial charge >= 0.3 is 0 Å². The van der Waals surface area contributed by atoms with Gasteiger partial charge in [0.2, 0.25) is 0 Å². The molecule has 0 saturated heterocycles. The summed E-state index contributed by atoms with van der Waals surface area (Å²) in [7, 11) is 0. The van der Waals surface area contributed by atoms with E-state index in [1.165, 1.54) is 0 Å². The standard InChI is InChI=1S/C12H11ClN2/c1-8-4-5-15-7-11(8)10-6-9(13)2-3-12(10)14/h2-7H,14H2,1H3. The molecule has 1 heterocycles. The Bertz CT molecular complexity index is 495. The highest BCUT2D eigenvalue weighted by Crippen LogP contribution is 2.30. The Labute approximate surface area is 93.7 Å². The largest absolute Gasteiger partial charge is 0.398 e. The highest BCUT2D eigenvalue weighted by molar-refractivity contribution is 6.31. The Hall–Kier alpha value is -1.54. The van der Waals surface area contributed by atoms with Crippen LogP contribution in [0.5, 0.6) is 0 Å². The van der Waals surface area contributed by atoms with Crippen LogP contribution in [0, 0.1) is 6.92 Å². The van der Waals surface area contributed by atoms with Gasteiger partial charge in [-0.3, -0.25) is 4.98 Å². The van der Waals surface area contributed by atoms with E-state index in [1.54, 1.807) is 18.5 Å². The van der Waals surface area contributed by atoms with Crippen molar-refractivity contribution in [2.45, 2.75) is 6.92 Å². The first-order valence-electron chi connectivity index (χ1n) is 4.64. The van der Waals surface area contributed by atoms with E-state index in [0.717, 1.165) is 22.4 Å². The van der Waals surface area contributed by atoms with Gasteiger partial charge in [-0.05, 0) is 36.8 Å². The number of pyridine rings is 1. The molecule has 0 atom stereocenters. The first-order valence-corrected chi connectivity index (χ1v) is 5.02. The van der Waals surface area contributed by atoms with Gasteiger partial charge in [0.15, 0.2) is 0 Å². The second-order valence-electron chi connectivity index (χ2n) is 3.42. The molecular formula is C12H11ClN2. The van der Waals surface area contributed by atoms with Crippen LogP contribution in [0.1, 0.15) is 5.56 Å². The van der Waals surface area contributed by atoms with Crippen LogP contribution < -0.4 is 5.73 Å². The molecule has 15 heavy (non-hydrogen) atoms. The first kappa shape index (κ1) is 9.99. The van der Waals surface area contributed by atoms with E-state index in [-0.39, 0.29) is 0 Å². The van der Waals surface area contributed by atoms with Crippen LogP contribution in [0.2, 0.25) is 5.02 Å². The van der Waals surface area contributed by atoms with Gasteiger partial charge in [0.05, 0.1) is 0 Å². The summed E-state index contributed by atoms with van der Waals surface area (Å²) in [4.78, 5) is 4.09. The molecule has 0 aliphatic rings. The van der Waals surface area contributed by atoms with Crippen LogP contribution in [-0.4, -0.2) is 4.98 Å². The van der Waals surface area contributed by atoms with Gasteiger partial charge < -0.3 is 5.73 Å². The summed E-state index contributed by atoms with van der Waals surface area (Å²) in [5, 5.41) is 0.683. The van der Waals surface area contributed by atoms with E-state index in [0.29, 0.717) is 5.02 Å². The van der Waals surface area contributed by atoms with Gasteiger partial charge in [-0.15, -0.1) is 0 Å². The number of aromatic nitrogens is 1. The molecule has 0 amide bonds. The van der Waals surface area contributed by atoms with E-state index in [1.807, 2.05) is 25.1 Å². The molecule has 0 radical (unpaired) electrons. The van der Waals surface area contributed by atoms with Crippen molar-refractivity contribution in [1.82, 2.24) is 4.98 Å². The van der Waals surface area contributed by atoms with Gasteiger partial charge in [-0.1, -0.05) is 11.6 Å². The number of aryl methyl sites for hydroxylation is 1. The van der Waals surface area contributed by atoms with Crippen LogP contribution in [0.4, 0.5) is 5.69 Å². The lowest BCUT2D eigenvalue weighted by atomic mass is 10.0. The molecule has 1 aromatic carbocycles. The Morgan fingerprint density at radius 3 is 2.73 bits per heavy atom. The fourth-order valence-electron chi connectivity index (χ4n) is 1.51. The Kier molecular flexibility index (Phi) is 2.60. The van der Waals surface area contributed by atoms with Crippen LogP contribution in [0.25, 0.3) is 11.1 Å². The average Bonchev–Trinajstić information content (AvgIpc) is 2.23. The highest BCUT2D eigenvalue weighted by Gasteiger charge is 2.05. The van der Waals surface area contributed by atoms with E-state index in [4.69, 9.17) is 17.3 Å². The monoisotopic (exact) mass is 218 g/mol. The molecule has 0 spiro atoms. The lowest BCUT2D eigenvalue weighted by Crippen LogP contribution is -1.92. The third-order valence-corrected chi connectivity index (χ3v) is 2.58. The molecule has 0 aliphatic carbocycles. The zero-order valence-electron chi connectivity index (χ0n) is 8.37. The molecule has 2 N–H and O–H groups in total. The van der Waals surface area contributed by atoms with Gasteiger partial charge in [0, 0.05) is 34.2 Å². The quantitative estimate of drug-likeness (QED) is 0.746. The number of hydrogen-bond acceptors (Lipinski definition) is 2. The van der Waals surface area contributed by atoms with Crippen LogP contribution in [0.3, 0.4) is 0 Å². The van der Waals surface area contributed by atoms with Crippen molar-refractivity contribution in [2.24, 2.45) is 0 Å². The maximum absolute atomic E-state index is 5.94. The van der Waals surface area contributed by atoms with Gasteiger partial charge in [0.1, 0.15) is 0 Å². The van der Waals surface area contributed by atoms with Gasteiger partial charge in [-0.2, -0.15) is 0 Å². The molecule has 76 valence electrons. The van der Waals surface area contributed by atoms with Crippen molar-refractivity contribution in [1.29, 1.82) is 0 Å². The molecule has 2 rings (SSSR count). The maximum atomic E-state index is 5.94. The third kappa shape index (κ3) is 1.95. The summed E-state index contributed by atoms with van der Waals surface area (Å²) in [6.07, 6.45) is 3.57. The molecule has 0 aliphatic heterocycles. The minimum atomic E-state index is 0.683. The van der Waals surface area contributed by atoms with Crippen molar-refractivity contribution >= 4 is 17.3 Å². The van der Waals surface area contributed by atoms with Gasteiger partial charge in [0.25, 0.3) is 0 Å². The van der Waals surface area contributed by atoms with Crippen LogP contribution in [0.15, 0.2) is 36.7 Å². The number of nitrogens with zero attached hydrogens (tertiary/aromatic N) is 1. The number of rotatable bonds is 1. The van der Waals surface area contributed by atoms with E-state index in [9.17, 15) is 0 Å². The Morgan fingerprint density at radius 2 is 2.00 bits per heavy atom. The Balaban J connectivity index is 2.64. The molecule has 0 fully saturated rings. The molecule has 2 aromatic rings.